The lowest BCUT2D eigenvalue weighted by Gasteiger charge is -2.08. The molecule has 1 aromatic rings. The third-order valence-corrected chi connectivity index (χ3v) is 2.72. The number of aliphatic carboxylic acids is 1. The number of carbonyl (C=O) groups excluding carboxylic acids is 1. The standard InChI is InChI=1S/C11H10BrFO4/c1-17-10-5-8(13)7(12)4-6(10)9(14)2-3-11(15)16/h4-5H,2-3H2,1H3,(H,15,16). The van der Waals surface area contributed by atoms with Crippen LogP contribution in [0.5, 0.6) is 5.75 Å². The second-order valence-electron chi connectivity index (χ2n) is 3.28. The summed E-state index contributed by atoms with van der Waals surface area (Å²) in [5, 5.41) is 8.48. The molecule has 0 saturated carbocycles. The second kappa shape index (κ2) is 5.77. The average molecular weight is 305 g/mol. The average Bonchev–Trinajstić information content (AvgIpc) is 2.28. The summed E-state index contributed by atoms with van der Waals surface area (Å²) in [6.45, 7) is 0. The lowest BCUT2D eigenvalue weighted by Crippen LogP contribution is -2.06. The van der Waals surface area contributed by atoms with Crippen LogP contribution in [-0.4, -0.2) is 24.0 Å². The van der Waals surface area contributed by atoms with Crippen molar-refractivity contribution >= 4 is 27.7 Å². The van der Waals surface area contributed by atoms with Crippen LogP contribution in [0.1, 0.15) is 23.2 Å². The van der Waals surface area contributed by atoms with Crippen LogP contribution in [0.4, 0.5) is 4.39 Å². The van der Waals surface area contributed by atoms with Crippen LogP contribution < -0.4 is 4.74 Å². The molecule has 0 aliphatic heterocycles. The predicted octanol–water partition coefficient (Wildman–Crippen LogP) is 2.64. The first kappa shape index (κ1) is 13.6. The highest BCUT2D eigenvalue weighted by molar-refractivity contribution is 9.10. The van der Waals surface area contributed by atoms with E-state index in [0.717, 1.165) is 6.07 Å². The molecule has 0 bridgehead atoms. The number of carboxylic acids is 1. The molecule has 0 radical (unpaired) electrons. The Morgan fingerprint density at radius 2 is 2.06 bits per heavy atom. The van der Waals surface area contributed by atoms with Crippen LogP contribution in [0.2, 0.25) is 0 Å². The molecule has 17 heavy (non-hydrogen) atoms. The van der Waals surface area contributed by atoms with E-state index in [1.54, 1.807) is 0 Å². The van der Waals surface area contributed by atoms with E-state index in [4.69, 9.17) is 9.84 Å². The molecule has 0 atom stereocenters. The summed E-state index contributed by atoms with van der Waals surface area (Å²) in [5.74, 6) is -1.90. The van der Waals surface area contributed by atoms with Gasteiger partial charge in [-0.2, -0.15) is 0 Å². The van der Waals surface area contributed by atoms with Gasteiger partial charge in [0.1, 0.15) is 11.6 Å². The summed E-state index contributed by atoms with van der Waals surface area (Å²) in [4.78, 5) is 22.1. The van der Waals surface area contributed by atoms with Crippen molar-refractivity contribution in [3.8, 4) is 5.75 Å². The summed E-state index contributed by atoms with van der Waals surface area (Å²) in [5.41, 5.74) is 0.169. The Balaban J connectivity index is 2.99. The topological polar surface area (TPSA) is 63.6 Å². The molecule has 0 fully saturated rings. The van der Waals surface area contributed by atoms with E-state index in [9.17, 15) is 14.0 Å². The van der Waals surface area contributed by atoms with Crippen LogP contribution in [0.3, 0.4) is 0 Å². The SMILES string of the molecule is COc1cc(F)c(Br)cc1C(=O)CCC(=O)O. The summed E-state index contributed by atoms with van der Waals surface area (Å²) < 4.78 is 18.2. The zero-order valence-electron chi connectivity index (χ0n) is 9.00. The molecular weight excluding hydrogens is 295 g/mol. The van der Waals surface area contributed by atoms with Crippen LogP contribution in [0, 0.1) is 5.82 Å². The number of hydrogen-bond acceptors (Lipinski definition) is 3. The van der Waals surface area contributed by atoms with Crippen LogP contribution in [-0.2, 0) is 4.79 Å². The first-order valence-electron chi connectivity index (χ1n) is 4.73. The number of ketones is 1. The molecule has 0 aliphatic carbocycles. The Morgan fingerprint density at radius 1 is 1.41 bits per heavy atom. The van der Waals surface area contributed by atoms with Crippen molar-refractivity contribution in [3.05, 3.63) is 28.0 Å². The first-order chi connectivity index (χ1) is 7.95. The van der Waals surface area contributed by atoms with Gasteiger partial charge in [0.15, 0.2) is 5.78 Å². The molecule has 0 saturated heterocycles. The van der Waals surface area contributed by atoms with Crippen LogP contribution in [0.15, 0.2) is 16.6 Å². The normalized spacial score (nSPS) is 10.1. The Morgan fingerprint density at radius 3 is 2.59 bits per heavy atom. The fraction of sp³-hybridized carbons (Fsp3) is 0.273. The van der Waals surface area contributed by atoms with Gasteiger partial charge in [0.05, 0.1) is 23.6 Å². The van der Waals surface area contributed by atoms with Crippen LogP contribution in [0.25, 0.3) is 0 Å². The Bertz CT molecular complexity index is 459. The van der Waals surface area contributed by atoms with E-state index >= 15 is 0 Å². The minimum absolute atomic E-state index is 0.0982. The minimum Gasteiger partial charge on any atom is -0.496 e. The maximum absolute atomic E-state index is 13.2. The van der Waals surface area contributed by atoms with Gasteiger partial charge in [0.25, 0.3) is 0 Å². The molecule has 92 valence electrons. The van der Waals surface area contributed by atoms with E-state index in [2.05, 4.69) is 15.9 Å². The molecule has 1 aromatic carbocycles. The molecule has 1 N–H and O–H groups in total. The third-order valence-electron chi connectivity index (χ3n) is 2.11. The van der Waals surface area contributed by atoms with E-state index in [1.165, 1.54) is 13.2 Å². The number of Topliss-reactive ketones (excluding diaryl/α,β-unsaturated/α-hetero) is 1. The lowest BCUT2D eigenvalue weighted by atomic mass is 10.1. The van der Waals surface area contributed by atoms with Gasteiger partial charge < -0.3 is 9.84 Å². The van der Waals surface area contributed by atoms with Crippen molar-refractivity contribution < 1.29 is 23.8 Å². The molecule has 0 heterocycles. The van der Waals surface area contributed by atoms with E-state index in [1.807, 2.05) is 0 Å². The van der Waals surface area contributed by atoms with Crippen LogP contribution >= 0.6 is 15.9 Å². The molecule has 0 aliphatic rings. The number of rotatable bonds is 5. The van der Waals surface area contributed by atoms with Gasteiger partial charge in [-0.25, -0.2) is 4.39 Å². The molecule has 0 unspecified atom stereocenters. The molecule has 0 amide bonds. The van der Waals surface area contributed by atoms with Crippen molar-refractivity contribution in [1.29, 1.82) is 0 Å². The second-order valence-corrected chi connectivity index (χ2v) is 4.14. The van der Waals surface area contributed by atoms with E-state index < -0.39 is 17.6 Å². The molecule has 0 spiro atoms. The summed E-state index contributed by atoms with van der Waals surface area (Å²) in [6.07, 6.45) is -0.416. The van der Waals surface area contributed by atoms with Gasteiger partial charge in [-0.05, 0) is 22.0 Å². The van der Waals surface area contributed by atoms with E-state index in [0.29, 0.717) is 0 Å². The van der Waals surface area contributed by atoms with Gasteiger partial charge in [0, 0.05) is 12.5 Å². The fourth-order valence-corrected chi connectivity index (χ4v) is 1.61. The number of methoxy groups -OCH3 is 1. The highest BCUT2D eigenvalue weighted by atomic mass is 79.9. The fourth-order valence-electron chi connectivity index (χ4n) is 1.27. The maximum Gasteiger partial charge on any atom is 0.303 e. The van der Waals surface area contributed by atoms with Crippen molar-refractivity contribution in [3.63, 3.8) is 0 Å². The molecule has 6 heteroatoms. The third kappa shape index (κ3) is 3.52. The van der Waals surface area contributed by atoms with Gasteiger partial charge in [-0.15, -0.1) is 0 Å². The van der Waals surface area contributed by atoms with Gasteiger partial charge >= 0.3 is 5.97 Å². The highest BCUT2D eigenvalue weighted by Crippen LogP contribution is 2.27. The number of hydrogen-bond donors (Lipinski definition) is 1. The largest absolute Gasteiger partial charge is 0.496 e. The summed E-state index contributed by atoms with van der Waals surface area (Å²) in [6, 6.07) is 2.37. The Hall–Kier alpha value is -1.43. The summed E-state index contributed by atoms with van der Waals surface area (Å²) >= 11 is 2.96. The number of ether oxygens (including phenoxy) is 1. The monoisotopic (exact) mass is 304 g/mol. The Kier molecular flexibility index (Phi) is 4.62. The van der Waals surface area contributed by atoms with Crippen molar-refractivity contribution in [2.24, 2.45) is 0 Å². The Labute approximate surface area is 106 Å². The zero-order chi connectivity index (χ0) is 13.0. The predicted molar refractivity (Wildman–Crippen MR) is 61.9 cm³/mol. The van der Waals surface area contributed by atoms with Gasteiger partial charge in [-0.3, -0.25) is 9.59 Å². The highest BCUT2D eigenvalue weighted by Gasteiger charge is 2.16. The molecule has 0 aromatic heterocycles. The minimum atomic E-state index is -1.06. The number of benzene rings is 1. The van der Waals surface area contributed by atoms with Gasteiger partial charge in [0.2, 0.25) is 0 Å². The molecular formula is C11H10BrFO4. The number of halogens is 2. The lowest BCUT2D eigenvalue weighted by molar-refractivity contribution is -0.136. The summed E-state index contributed by atoms with van der Waals surface area (Å²) in [7, 11) is 1.32. The number of carboxylic acid groups (broad SMARTS) is 1. The molecule has 1 rings (SSSR count). The number of carbonyl (C=O) groups is 2. The molecule has 4 nitrogen and oxygen atoms in total. The van der Waals surface area contributed by atoms with E-state index in [-0.39, 0.29) is 28.6 Å². The maximum atomic E-state index is 13.2. The first-order valence-corrected chi connectivity index (χ1v) is 5.53. The smallest absolute Gasteiger partial charge is 0.303 e. The van der Waals surface area contributed by atoms with Crippen molar-refractivity contribution in [1.82, 2.24) is 0 Å². The van der Waals surface area contributed by atoms with Gasteiger partial charge in [-0.1, -0.05) is 0 Å². The van der Waals surface area contributed by atoms with Crippen molar-refractivity contribution in [2.75, 3.05) is 7.11 Å². The zero-order valence-corrected chi connectivity index (χ0v) is 10.6. The van der Waals surface area contributed by atoms with Crippen molar-refractivity contribution in [2.45, 2.75) is 12.8 Å². The quantitative estimate of drug-likeness (QED) is 0.849.